The predicted molar refractivity (Wildman–Crippen MR) is 90.9 cm³/mol. The van der Waals surface area contributed by atoms with Crippen LogP contribution in [0.1, 0.15) is 73.0 Å². The first-order valence-corrected chi connectivity index (χ1v) is 8.26. The zero-order chi connectivity index (χ0) is 16.9. The van der Waals surface area contributed by atoms with Crippen LogP contribution in [-0.4, -0.2) is 21.0 Å². The van der Waals surface area contributed by atoms with E-state index >= 15 is 0 Å². The highest BCUT2D eigenvalue weighted by molar-refractivity contribution is 5.12. The van der Waals surface area contributed by atoms with Crippen molar-refractivity contribution in [2.75, 3.05) is 0 Å². The van der Waals surface area contributed by atoms with Gasteiger partial charge in [0.2, 0.25) is 0 Å². The summed E-state index contributed by atoms with van der Waals surface area (Å²) < 4.78 is 1.88. The summed E-state index contributed by atoms with van der Waals surface area (Å²) in [5, 5.41) is 16.3. The first-order valence-electron chi connectivity index (χ1n) is 8.26. The Morgan fingerprint density at radius 2 is 1.59 bits per heavy atom. The maximum absolute atomic E-state index is 4.17. The fourth-order valence-corrected chi connectivity index (χ4v) is 1.82. The summed E-state index contributed by atoms with van der Waals surface area (Å²) in [6, 6.07) is 0.738. The molecule has 0 aliphatic carbocycles. The summed E-state index contributed by atoms with van der Waals surface area (Å²) in [5.41, 5.74) is 2.21. The van der Waals surface area contributed by atoms with E-state index in [1.54, 1.807) is 0 Å². The van der Waals surface area contributed by atoms with Crippen LogP contribution in [0.25, 0.3) is 0 Å². The third-order valence-corrected chi connectivity index (χ3v) is 3.57. The van der Waals surface area contributed by atoms with Crippen LogP contribution in [0.15, 0.2) is 28.2 Å². The number of rotatable bonds is 4. The molecule has 1 unspecified atom stereocenters. The van der Waals surface area contributed by atoms with Crippen molar-refractivity contribution in [3.63, 3.8) is 0 Å². The van der Waals surface area contributed by atoms with E-state index < -0.39 is 0 Å². The van der Waals surface area contributed by atoms with Crippen molar-refractivity contribution >= 4 is 0 Å². The third-order valence-electron chi connectivity index (χ3n) is 3.57. The molecule has 0 radical (unpaired) electrons. The first-order chi connectivity index (χ1) is 10.2. The molecule has 1 atom stereocenters. The van der Waals surface area contributed by atoms with E-state index in [1.165, 1.54) is 0 Å². The lowest BCUT2D eigenvalue weighted by Gasteiger charge is -2.05. The fraction of sp³-hybridized carbons (Fsp3) is 0.765. The number of azo groups is 1. The minimum Gasteiger partial charge on any atom is -0.250 e. The molecule has 1 aromatic rings. The second-order valence-corrected chi connectivity index (χ2v) is 7.07. The molecule has 5 nitrogen and oxygen atoms in total. The van der Waals surface area contributed by atoms with Crippen LogP contribution < -0.4 is 0 Å². The lowest BCUT2D eigenvalue weighted by molar-refractivity contribution is 0.514. The molecule has 2 rings (SSSR count). The Morgan fingerprint density at radius 1 is 0.955 bits per heavy atom. The zero-order valence-electron chi connectivity index (χ0n) is 15.3. The largest absolute Gasteiger partial charge is 0.250 e. The van der Waals surface area contributed by atoms with Crippen LogP contribution in [-0.2, 0) is 0 Å². The average molecular weight is 305 g/mol. The number of hydrogen-bond donors (Lipinski definition) is 0. The molecule has 0 fully saturated rings. The van der Waals surface area contributed by atoms with Gasteiger partial charge in [0, 0.05) is 12.2 Å². The van der Waals surface area contributed by atoms with E-state index in [0.29, 0.717) is 29.8 Å². The van der Waals surface area contributed by atoms with Crippen LogP contribution in [0.3, 0.4) is 0 Å². The van der Waals surface area contributed by atoms with E-state index in [-0.39, 0.29) is 0 Å². The molecular formula is C17H31N5. The van der Waals surface area contributed by atoms with E-state index in [1.807, 2.05) is 10.9 Å². The fourth-order valence-electron chi connectivity index (χ4n) is 1.82. The van der Waals surface area contributed by atoms with Gasteiger partial charge in [0.05, 0.1) is 17.4 Å². The summed E-state index contributed by atoms with van der Waals surface area (Å²) in [6.45, 7) is 17.1. The Kier molecular flexibility index (Phi) is 6.91. The van der Waals surface area contributed by atoms with Gasteiger partial charge in [0.15, 0.2) is 0 Å². The summed E-state index contributed by atoms with van der Waals surface area (Å²) in [5.74, 6) is 1.57. The Morgan fingerprint density at radius 3 is 1.86 bits per heavy atom. The van der Waals surface area contributed by atoms with Crippen LogP contribution >= 0.6 is 0 Å². The predicted octanol–water partition coefficient (Wildman–Crippen LogP) is 5.00. The van der Waals surface area contributed by atoms with Gasteiger partial charge in [0.25, 0.3) is 0 Å². The average Bonchev–Trinajstić information content (AvgIpc) is 3.09. The van der Waals surface area contributed by atoms with E-state index in [4.69, 9.17) is 0 Å². The molecule has 1 aliphatic rings. The first kappa shape index (κ1) is 18.5. The maximum Gasteiger partial charge on any atom is 0.0936 e. The van der Waals surface area contributed by atoms with Crippen LogP contribution in [0.4, 0.5) is 0 Å². The van der Waals surface area contributed by atoms with Crippen molar-refractivity contribution in [2.24, 2.45) is 22.1 Å². The number of nitrogens with zero attached hydrogens (tertiary/aromatic N) is 5. The van der Waals surface area contributed by atoms with Crippen molar-refractivity contribution in [1.29, 1.82) is 0 Å². The lowest BCUT2D eigenvalue weighted by Crippen LogP contribution is -2.06. The molecule has 5 heteroatoms. The Balaban J connectivity index is 0.000000220. The van der Waals surface area contributed by atoms with Gasteiger partial charge in [-0.15, -0.1) is 5.10 Å². The van der Waals surface area contributed by atoms with Gasteiger partial charge in [-0.3, -0.25) is 0 Å². The topological polar surface area (TPSA) is 55.4 Å². The maximum atomic E-state index is 4.17. The standard InChI is InChI=1S/C9H16N2.C8H15N3/c1-6(2)8-5-9(7(3)4)11-10-8;1-6(2)8-5-11(7(3)4)10-9-8/h5-8H,1-4H3;5-7H,1-4H3. The van der Waals surface area contributed by atoms with Crippen molar-refractivity contribution in [2.45, 2.75) is 73.4 Å². The van der Waals surface area contributed by atoms with Crippen LogP contribution in [0, 0.1) is 11.8 Å². The van der Waals surface area contributed by atoms with E-state index in [2.05, 4.69) is 82.0 Å². The van der Waals surface area contributed by atoms with Gasteiger partial charge < -0.3 is 0 Å². The number of aromatic nitrogens is 3. The summed E-state index contributed by atoms with van der Waals surface area (Å²) in [7, 11) is 0. The number of hydrogen-bond acceptors (Lipinski definition) is 4. The highest BCUT2D eigenvalue weighted by Gasteiger charge is 2.17. The van der Waals surface area contributed by atoms with Gasteiger partial charge in [-0.25, -0.2) is 4.68 Å². The lowest BCUT2D eigenvalue weighted by atomic mass is 10.0. The van der Waals surface area contributed by atoms with Crippen molar-refractivity contribution in [3.05, 3.63) is 23.7 Å². The summed E-state index contributed by atoms with van der Waals surface area (Å²) >= 11 is 0. The SMILES string of the molecule is CC(C)C1=CC(C(C)C)N=N1.CC(C)c1cn(C(C)C)nn1. The molecule has 2 heterocycles. The molecule has 0 aromatic carbocycles. The Bertz CT molecular complexity index is 486. The van der Waals surface area contributed by atoms with E-state index in [0.717, 1.165) is 11.4 Å². The summed E-state index contributed by atoms with van der Waals surface area (Å²) in [4.78, 5) is 0. The third kappa shape index (κ3) is 5.35. The quantitative estimate of drug-likeness (QED) is 0.786. The molecule has 0 amide bonds. The van der Waals surface area contributed by atoms with Crippen molar-refractivity contribution < 1.29 is 0 Å². The van der Waals surface area contributed by atoms with Crippen LogP contribution in [0.2, 0.25) is 0 Å². The van der Waals surface area contributed by atoms with E-state index in [9.17, 15) is 0 Å². The van der Waals surface area contributed by atoms with Gasteiger partial charge in [-0.2, -0.15) is 10.2 Å². The molecule has 0 spiro atoms. The molecule has 0 bridgehead atoms. The molecule has 0 N–H and O–H groups in total. The zero-order valence-corrected chi connectivity index (χ0v) is 15.3. The molecule has 0 saturated carbocycles. The van der Waals surface area contributed by atoms with Crippen LogP contribution in [0.5, 0.6) is 0 Å². The Labute approximate surface area is 134 Å². The van der Waals surface area contributed by atoms with Gasteiger partial charge in [-0.1, -0.05) is 46.8 Å². The van der Waals surface area contributed by atoms with Gasteiger partial charge >= 0.3 is 0 Å². The van der Waals surface area contributed by atoms with Gasteiger partial charge in [-0.05, 0) is 37.7 Å². The number of allylic oxidation sites excluding steroid dienone is 1. The normalized spacial score (nSPS) is 17.5. The highest BCUT2D eigenvalue weighted by atomic mass is 15.4. The molecule has 22 heavy (non-hydrogen) atoms. The Hall–Kier alpha value is -1.52. The van der Waals surface area contributed by atoms with Gasteiger partial charge in [0.1, 0.15) is 0 Å². The summed E-state index contributed by atoms with van der Waals surface area (Å²) in [6.07, 6.45) is 4.19. The van der Waals surface area contributed by atoms with Crippen molar-refractivity contribution in [3.8, 4) is 0 Å². The highest BCUT2D eigenvalue weighted by Crippen LogP contribution is 2.23. The monoisotopic (exact) mass is 305 g/mol. The molecule has 1 aromatic heterocycles. The second-order valence-electron chi connectivity index (χ2n) is 7.07. The second kappa shape index (κ2) is 8.20. The minimum absolute atomic E-state index is 0.326. The molecule has 1 aliphatic heterocycles. The molecule has 0 saturated heterocycles. The molecule has 124 valence electrons. The minimum atomic E-state index is 0.326. The smallest absolute Gasteiger partial charge is 0.0936 e. The molecular weight excluding hydrogens is 274 g/mol. The van der Waals surface area contributed by atoms with Crippen molar-refractivity contribution in [1.82, 2.24) is 15.0 Å².